The monoisotopic (exact) mass is 439 g/mol. The molecule has 0 spiro atoms. The molecule has 2 saturated heterocycles. The number of quaternary nitrogens is 2. The van der Waals surface area contributed by atoms with E-state index in [-0.39, 0.29) is 5.96 Å². The lowest BCUT2D eigenvalue weighted by molar-refractivity contribution is -0.924. The number of guanidine groups is 2. The van der Waals surface area contributed by atoms with E-state index in [1.54, 1.807) is 0 Å². The second-order valence-electron chi connectivity index (χ2n) is 9.79. The molecule has 8 heteroatoms. The molecule has 0 bridgehead atoms. The smallest absolute Gasteiger partial charge is 0.220 e. The third-order valence-corrected chi connectivity index (χ3v) is 7.86. The average Bonchev–Trinajstić information content (AvgIpc) is 3.23. The summed E-state index contributed by atoms with van der Waals surface area (Å²) >= 11 is 0. The van der Waals surface area contributed by atoms with Crippen LogP contribution in [0, 0.1) is 5.41 Å². The number of nitrogens with zero attached hydrogens (tertiary/aromatic N) is 5. The Hall–Kier alpha value is -1.38. The second-order valence-corrected chi connectivity index (χ2v) is 9.79. The molecule has 8 nitrogen and oxygen atoms in total. The van der Waals surface area contributed by atoms with E-state index >= 15 is 0 Å². The minimum atomic E-state index is 0.275. The summed E-state index contributed by atoms with van der Waals surface area (Å²) in [7, 11) is 4.29. The maximum Gasteiger partial charge on any atom is 0.220 e. The zero-order chi connectivity index (χ0) is 22.9. The molecule has 2 rings (SSSR count). The fourth-order valence-electron chi connectivity index (χ4n) is 5.05. The number of nitrogens with one attached hydrogen (secondary N) is 1. The number of rotatable bonds is 10. The molecule has 0 saturated carbocycles. The van der Waals surface area contributed by atoms with Gasteiger partial charge in [0.05, 0.1) is 59.0 Å². The number of likely N-dealkylation sites (N-methyl/N-ethyl adjacent to an activating group) is 2. The number of ether oxygens (including phenoxy) is 1. The number of aliphatic imine (C=N–C) groups is 1. The van der Waals surface area contributed by atoms with Gasteiger partial charge in [-0.2, -0.15) is 4.99 Å². The van der Waals surface area contributed by atoms with Crippen molar-refractivity contribution in [2.45, 2.75) is 52.5 Å². The summed E-state index contributed by atoms with van der Waals surface area (Å²) in [5.41, 5.74) is 6.41. The summed E-state index contributed by atoms with van der Waals surface area (Å²) in [4.78, 5) is 8.68. The highest BCUT2D eigenvalue weighted by Gasteiger charge is 2.34. The first-order valence-corrected chi connectivity index (χ1v) is 12.4. The van der Waals surface area contributed by atoms with Crippen LogP contribution < -0.4 is 5.73 Å². The minimum Gasteiger partial charge on any atom is -0.370 e. The van der Waals surface area contributed by atoms with Crippen molar-refractivity contribution in [3.63, 3.8) is 0 Å². The lowest BCUT2D eigenvalue weighted by Gasteiger charge is -2.40. The molecule has 2 aliphatic heterocycles. The second kappa shape index (κ2) is 12.0. The average molecular weight is 440 g/mol. The molecule has 1 unspecified atom stereocenters. The van der Waals surface area contributed by atoms with Gasteiger partial charge in [0.15, 0.2) is 5.96 Å². The van der Waals surface area contributed by atoms with Gasteiger partial charge in [0.1, 0.15) is 13.1 Å². The molecule has 3 N–H and O–H groups in total. The molecule has 0 aromatic heterocycles. The van der Waals surface area contributed by atoms with Crippen LogP contribution in [0.2, 0.25) is 0 Å². The molecule has 0 aliphatic carbocycles. The Labute approximate surface area is 190 Å². The van der Waals surface area contributed by atoms with Crippen molar-refractivity contribution >= 4 is 11.9 Å². The molecule has 0 radical (unpaired) electrons. The zero-order valence-electron chi connectivity index (χ0n) is 20.9. The quantitative estimate of drug-likeness (QED) is 0.235. The number of likely N-dealkylation sites (tertiary alicyclic amines) is 1. The van der Waals surface area contributed by atoms with Crippen LogP contribution in [0.1, 0.15) is 46.5 Å². The number of hydrogen-bond donors (Lipinski definition) is 2. The SMILES string of the molecule is CC[N+](CC)(CC)CC1CCCN1/C(N)=N/C(=N)N(C)CCCC[N+]1(C)CCOCC1. The van der Waals surface area contributed by atoms with Gasteiger partial charge in [-0.15, -0.1) is 0 Å². The highest BCUT2D eigenvalue weighted by atomic mass is 16.5. The molecule has 2 fully saturated rings. The van der Waals surface area contributed by atoms with Crippen LogP contribution in [0.15, 0.2) is 4.99 Å². The first-order valence-electron chi connectivity index (χ1n) is 12.4. The topological polar surface area (TPSA) is 77.9 Å². The Kier molecular flexibility index (Phi) is 10.0. The standard InChI is InChI=1S/C23H49N7O/c1-6-30(7-2,8-3)20-21-12-11-14-28(21)23(25)26-22(24)27(4)13-9-10-15-29(5)16-18-31-19-17-29/h21H,6-20H2,1-5H3,(H3,24,25,26)/q+2. The molecule has 2 aliphatic rings. The van der Waals surface area contributed by atoms with E-state index in [1.165, 1.54) is 13.0 Å². The lowest BCUT2D eigenvalue weighted by atomic mass is 10.1. The van der Waals surface area contributed by atoms with Crippen LogP contribution in [0.4, 0.5) is 0 Å². The molecule has 0 aromatic carbocycles. The molecular formula is C23H49N7O+2. The van der Waals surface area contributed by atoms with E-state index < -0.39 is 0 Å². The summed E-state index contributed by atoms with van der Waals surface area (Å²) in [5, 5.41) is 8.42. The van der Waals surface area contributed by atoms with E-state index in [0.29, 0.717) is 12.0 Å². The highest BCUT2D eigenvalue weighted by Crippen LogP contribution is 2.21. The predicted octanol–water partition coefficient (Wildman–Crippen LogP) is 1.77. The molecule has 31 heavy (non-hydrogen) atoms. The Morgan fingerprint density at radius 2 is 1.84 bits per heavy atom. The van der Waals surface area contributed by atoms with Gasteiger partial charge in [-0.3, -0.25) is 5.41 Å². The van der Waals surface area contributed by atoms with Gasteiger partial charge < -0.3 is 29.2 Å². The van der Waals surface area contributed by atoms with Gasteiger partial charge in [0, 0.05) is 20.1 Å². The van der Waals surface area contributed by atoms with Gasteiger partial charge in [0.25, 0.3) is 0 Å². The van der Waals surface area contributed by atoms with Crippen LogP contribution in [0.25, 0.3) is 0 Å². The largest absolute Gasteiger partial charge is 0.370 e. The Morgan fingerprint density at radius 3 is 2.45 bits per heavy atom. The number of morpholine rings is 1. The molecule has 1 atom stereocenters. The lowest BCUT2D eigenvalue weighted by Crippen LogP contribution is -2.56. The van der Waals surface area contributed by atoms with Crippen molar-refractivity contribution < 1.29 is 13.7 Å². The van der Waals surface area contributed by atoms with Crippen LogP contribution >= 0.6 is 0 Å². The summed E-state index contributed by atoms with van der Waals surface area (Å²) in [6, 6.07) is 0.430. The summed E-state index contributed by atoms with van der Waals surface area (Å²) in [5.74, 6) is 0.796. The van der Waals surface area contributed by atoms with Crippen molar-refractivity contribution in [1.29, 1.82) is 5.41 Å². The summed E-state index contributed by atoms with van der Waals surface area (Å²) in [6.45, 7) is 18.4. The highest BCUT2D eigenvalue weighted by molar-refractivity contribution is 5.92. The number of unbranched alkanes of at least 4 members (excludes halogenated alkanes) is 1. The van der Waals surface area contributed by atoms with Gasteiger partial charge in [-0.1, -0.05) is 0 Å². The van der Waals surface area contributed by atoms with E-state index in [9.17, 15) is 0 Å². The third kappa shape index (κ3) is 7.32. The Balaban J connectivity index is 1.83. The first kappa shape index (κ1) is 25.9. The van der Waals surface area contributed by atoms with E-state index in [1.807, 2.05) is 11.9 Å². The maximum absolute atomic E-state index is 8.42. The Bertz CT molecular complexity index is 576. The maximum atomic E-state index is 8.42. The summed E-state index contributed by atoms with van der Waals surface area (Å²) in [6.07, 6.45) is 4.55. The molecule has 2 heterocycles. The normalized spacial score (nSPS) is 22.0. The molecular weight excluding hydrogens is 390 g/mol. The Morgan fingerprint density at radius 1 is 1.19 bits per heavy atom. The van der Waals surface area contributed by atoms with Crippen molar-refractivity contribution in [3.8, 4) is 0 Å². The molecule has 180 valence electrons. The number of nitrogens with two attached hydrogens (primary N) is 1. The van der Waals surface area contributed by atoms with Gasteiger partial charge in [0.2, 0.25) is 5.96 Å². The number of hydrogen-bond acceptors (Lipinski definition) is 2. The van der Waals surface area contributed by atoms with E-state index in [0.717, 1.165) is 93.8 Å². The fraction of sp³-hybridized carbons (Fsp3) is 0.913. The van der Waals surface area contributed by atoms with Crippen LogP contribution in [0.5, 0.6) is 0 Å². The zero-order valence-corrected chi connectivity index (χ0v) is 20.9. The predicted molar refractivity (Wildman–Crippen MR) is 129 cm³/mol. The van der Waals surface area contributed by atoms with Crippen LogP contribution in [-0.4, -0.2) is 123 Å². The van der Waals surface area contributed by atoms with Crippen molar-refractivity contribution in [3.05, 3.63) is 0 Å². The van der Waals surface area contributed by atoms with Gasteiger partial charge >= 0.3 is 0 Å². The van der Waals surface area contributed by atoms with Crippen molar-refractivity contribution in [2.24, 2.45) is 10.7 Å². The van der Waals surface area contributed by atoms with E-state index in [2.05, 4.69) is 37.7 Å². The van der Waals surface area contributed by atoms with Crippen LogP contribution in [0.3, 0.4) is 0 Å². The fourth-order valence-corrected chi connectivity index (χ4v) is 5.05. The molecule has 0 aromatic rings. The van der Waals surface area contributed by atoms with Gasteiger partial charge in [-0.25, -0.2) is 0 Å². The van der Waals surface area contributed by atoms with E-state index in [4.69, 9.17) is 15.9 Å². The van der Waals surface area contributed by atoms with Crippen molar-refractivity contribution in [1.82, 2.24) is 9.80 Å². The summed E-state index contributed by atoms with van der Waals surface area (Å²) < 4.78 is 7.72. The van der Waals surface area contributed by atoms with Crippen molar-refractivity contribution in [2.75, 3.05) is 86.2 Å². The minimum absolute atomic E-state index is 0.275. The first-order chi connectivity index (χ1) is 14.8. The third-order valence-electron chi connectivity index (χ3n) is 7.86. The molecule has 0 amide bonds. The van der Waals surface area contributed by atoms with Crippen LogP contribution in [-0.2, 0) is 4.74 Å². The van der Waals surface area contributed by atoms with Gasteiger partial charge in [-0.05, 0) is 46.5 Å².